The van der Waals surface area contributed by atoms with E-state index in [4.69, 9.17) is 24.5 Å². The third-order valence-electron chi connectivity index (χ3n) is 6.65. The highest BCUT2D eigenvalue weighted by Gasteiger charge is 2.52. The van der Waals surface area contributed by atoms with Crippen molar-refractivity contribution in [3.05, 3.63) is 40.8 Å². The number of carboxylic acids is 2. The van der Waals surface area contributed by atoms with Crippen LogP contribution in [0.15, 0.2) is 35.1 Å². The number of hydrogen-bond donors (Lipinski definition) is 2. The molecule has 2 N–H and O–H groups in total. The van der Waals surface area contributed by atoms with Crippen LogP contribution in [0.4, 0.5) is 5.69 Å². The van der Waals surface area contributed by atoms with Gasteiger partial charge in [-0.2, -0.15) is 9.36 Å². The zero-order valence-corrected chi connectivity index (χ0v) is 21.4. The molecule has 14 nitrogen and oxygen atoms in total. The Balaban J connectivity index is 0.000000599. The number of likely N-dealkylation sites (tertiary alicyclic amines) is 1. The number of benzene rings is 1. The van der Waals surface area contributed by atoms with E-state index in [0.29, 0.717) is 45.6 Å². The van der Waals surface area contributed by atoms with E-state index in [1.54, 1.807) is 4.90 Å². The molecule has 38 heavy (non-hydrogen) atoms. The molecule has 0 unspecified atom stereocenters. The lowest BCUT2D eigenvalue weighted by atomic mass is 9.84. The molecule has 2 aromatic rings. The lowest BCUT2D eigenvalue weighted by molar-refractivity contribution is -0.159. The minimum Gasteiger partial charge on any atom is -0.473 e. The summed E-state index contributed by atoms with van der Waals surface area (Å²) in [7, 11) is 1.38. The number of amides is 1. The Morgan fingerprint density at radius 2 is 1.58 bits per heavy atom. The summed E-state index contributed by atoms with van der Waals surface area (Å²) < 4.78 is 7.90. The van der Waals surface area contributed by atoms with E-state index >= 15 is 0 Å². The molecule has 1 saturated heterocycles. The molecule has 4 rings (SSSR count). The maximum absolute atomic E-state index is 13.3. The summed E-state index contributed by atoms with van der Waals surface area (Å²) in [4.78, 5) is 60.7. The van der Waals surface area contributed by atoms with Crippen molar-refractivity contribution >= 4 is 29.5 Å². The fourth-order valence-corrected chi connectivity index (χ4v) is 4.41. The fourth-order valence-electron chi connectivity index (χ4n) is 4.41. The largest absolute Gasteiger partial charge is 0.473 e. The van der Waals surface area contributed by atoms with E-state index < -0.39 is 17.5 Å². The second-order valence-corrected chi connectivity index (χ2v) is 9.06. The highest BCUT2D eigenvalue weighted by molar-refractivity contribution is 6.27. The van der Waals surface area contributed by atoms with Crippen molar-refractivity contribution < 1.29 is 34.1 Å². The molecule has 206 valence electrons. The van der Waals surface area contributed by atoms with Gasteiger partial charge in [0.05, 0.1) is 13.7 Å². The maximum atomic E-state index is 13.3. The van der Waals surface area contributed by atoms with Crippen molar-refractivity contribution in [2.45, 2.75) is 51.2 Å². The number of piperidine rings is 1. The normalized spacial score (nSPS) is 16.6. The first-order valence-corrected chi connectivity index (χ1v) is 12.3. The van der Waals surface area contributed by atoms with Crippen molar-refractivity contribution in [3.63, 3.8) is 0 Å². The molecule has 1 aliphatic carbocycles. The number of nitrogens with zero attached hydrogens (tertiary/aromatic N) is 6. The number of carbonyl (C=O) groups excluding carboxylic acids is 2. The van der Waals surface area contributed by atoms with Crippen LogP contribution in [0, 0.1) is 5.92 Å². The predicted molar refractivity (Wildman–Crippen MR) is 132 cm³/mol. The van der Waals surface area contributed by atoms with Crippen LogP contribution >= 0.6 is 0 Å². The number of hydrogen-bond acceptors (Lipinski definition) is 9. The number of aliphatic carboxylic acids is 2. The summed E-state index contributed by atoms with van der Waals surface area (Å²) in [6.07, 6.45) is 2.64. The number of para-hydroxylation sites is 1. The Bertz CT molecular complexity index is 1190. The summed E-state index contributed by atoms with van der Waals surface area (Å²) >= 11 is 0. The van der Waals surface area contributed by atoms with E-state index in [0.717, 1.165) is 18.5 Å². The molecular formula is C24H32N6O8. The van der Waals surface area contributed by atoms with Crippen molar-refractivity contribution in [1.29, 1.82) is 0 Å². The first kappa shape index (κ1) is 28.5. The van der Waals surface area contributed by atoms with Gasteiger partial charge < -0.3 is 19.8 Å². The van der Waals surface area contributed by atoms with E-state index in [-0.39, 0.29) is 23.5 Å². The van der Waals surface area contributed by atoms with Crippen molar-refractivity contribution in [3.8, 4) is 0 Å². The Kier molecular flexibility index (Phi) is 9.34. The van der Waals surface area contributed by atoms with Crippen LogP contribution in [0.1, 0.15) is 32.6 Å². The average molecular weight is 533 g/mol. The molecule has 1 saturated carbocycles. The molecule has 2 aliphatic rings. The molecule has 0 radical (unpaired) electrons. The molecule has 0 atom stereocenters. The lowest BCUT2D eigenvalue weighted by Gasteiger charge is -2.46. The van der Waals surface area contributed by atoms with Crippen LogP contribution in [-0.4, -0.2) is 91.0 Å². The van der Waals surface area contributed by atoms with Crippen LogP contribution < -0.4 is 10.6 Å². The SMILES string of the molecule is CCn1nnn(CCN2CCC(C(=O)OC)(N(C(=O)C3CC3)c3ccccc3)CC2)c1=O.O=C(O)C(=O)O. The monoisotopic (exact) mass is 532 g/mol. The van der Waals surface area contributed by atoms with Gasteiger partial charge in [0.1, 0.15) is 5.54 Å². The first-order chi connectivity index (χ1) is 18.1. The molecule has 14 heteroatoms. The molecule has 1 aromatic heterocycles. The number of aromatic nitrogens is 4. The number of carboxylic acid groups (broad SMARTS) is 2. The molecule has 0 bridgehead atoms. The van der Waals surface area contributed by atoms with Crippen LogP contribution in [-0.2, 0) is 37.0 Å². The summed E-state index contributed by atoms with van der Waals surface area (Å²) in [6, 6.07) is 9.41. The number of methoxy groups -OCH3 is 1. The third kappa shape index (κ3) is 6.43. The molecule has 2 fully saturated rings. The number of esters is 1. The summed E-state index contributed by atoms with van der Waals surface area (Å²) in [5.74, 6) is -4.05. The minimum absolute atomic E-state index is 0.00205. The van der Waals surface area contributed by atoms with Gasteiger partial charge in [-0.3, -0.25) is 9.69 Å². The molecule has 2 heterocycles. The van der Waals surface area contributed by atoms with Gasteiger partial charge >= 0.3 is 23.6 Å². The highest BCUT2D eigenvalue weighted by atomic mass is 16.5. The summed E-state index contributed by atoms with van der Waals surface area (Å²) in [5, 5.41) is 22.6. The van der Waals surface area contributed by atoms with Crippen LogP contribution in [0.3, 0.4) is 0 Å². The molecule has 0 spiro atoms. The van der Waals surface area contributed by atoms with Gasteiger partial charge in [0, 0.05) is 37.8 Å². The van der Waals surface area contributed by atoms with Gasteiger partial charge in [0.15, 0.2) is 0 Å². The standard InChI is InChI=1S/C22H30N6O4.C2H2O4/c1-3-26-21(31)27(24-23-26)16-15-25-13-11-22(12-14-25,20(30)32-2)28(19(29)17-9-10-17)18-7-5-4-6-8-18;3-1(4)2(5)6/h4-8,17H,3,9-16H2,1-2H3;(H,3,4)(H,5,6). The first-order valence-electron chi connectivity index (χ1n) is 12.3. The van der Waals surface area contributed by atoms with Crippen LogP contribution in [0.25, 0.3) is 0 Å². The van der Waals surface area contributed by atoms with Gasteiger partial charge in [-0.1, -0.05) is 18.2 Å². The Morgan fingerprint density at radius 3 is 2.05 bits per heavy atom. The van der Waals surface area contributed by atoms with Crippen molar-refractivity contribution in [1.82, 2.24) is 24.7 Å². The number of ether oxygens (including phenoxy) is 1. The highest BCUT2D eigenvalue weighted by Crippen LogP contribution is 2.40. The zero-order valence-electron chi connectivity index (χ0n) is 21.4. The summed E-state index contributed by atoms with van der Waals surface area (Å²) in [5.41, 5.74) is -0.529. The van der Waals surface area contributed by atoms with Crippen LogP contribution in [0.5, 0.6) is 0 Å². The molecular weight excluding hydrogens is 500 g/mol. The van der Waals surface area contributed by atoms with Crippen LogP contribution in [0.2, 0.25) is 0 Å². The predicted octanol–water partition coefficient (Wildman–Crippen LogP) is 0.0661. The molecule has 1 amide bonds. The number of tetrazole rings is 1. The Morgan fingerprint density at radius 1 is 1.00 bits per heavy atom. The Labute approximate surface area is 218 Å². The van der Waals surface area contributed by atoms with Gasteiger partial charge in [-0.05, 0) is 55.2 Å². The van der Waals surface area contributed by atoms with Crippen molar-refractivity contribution in [2.75, 3.05) is 31.6 Å². The number of anilines is 1. The zero-order chi connectivity index (χ0) is 27.9. The van der Waals surface area contributed by atoms with E-state index in [1.165, 1.54) is 16.5 Å². The average Bonchev–Trinajstić information content (AvgIpc) is 3.72. The number of carbonyl (C=O) groups is 4. The Hall–Kier alpha value is -4.07. The van der Waals surface area contributed by atoms with E-state index in [9.17, 15) is 14.4 Å². The summed E-state index contributed by atoms with van der Waals surface area (Å²) in [6.45, 7) is 4.57. The van der Waals surface area contributed by atoms with E-state index in [2.05, 4.69) is 15.3 Å². The van der Waals surface area contributed by atoms with Gasteiger partial charge in [-0.15, -0.1) is 0 Å². The second kappa shape index (κ2) is 12.4. The van der Waals surface area contributed by atoms with Gasteiger partial charge in [-0.25, -0.2) is 19.2 Å². The quantitative estimate of drug-likeness (QED) is 0.347. The molecule has 1 aliphatic heterocycles. The van der Waals surface area contributed by atoms with E-state index in [1.807, 2.05) is 37.3 Å². The van der Waals surface area contributed by atoms with Crippen molar-refractivity contribution in [2.24, 2.45) is 5.92 Å². The van der Waals surface area contributed by atoms with Gasteiger partial charge in [0.25, 0.3) is 0 Å². The third-order valence-corrected chi connectivity index (χ3v) is 6.65. The second-order valence-electron chi connectivity index (χ2n) is 9.06. The lowest BCUT2D eigenvalue weighted by Crippen LogP contribution is -2.63. The topological polar surface area (TPSA) is 177 Å². The minimum atomic E-state index is -1.82. The smallest absolute Gasteiger partial charge is 0.414 e. The number of rotatable bonds is 8. The molecule has 1 aromatic carbocycles. The number of aryl methyl sites for hydroxylation is 1. The van der Waals surface area contributed by atoms with Gasteiger partial charge in [0.2, 0.25) is 5.91 Å². The maximum Gasteiger partial charge on any atom is 0.414 e. The fraction of sp³-hybridized carbons (Fsp3) is 0.542.